The summed E-state index contributed by atoms with van der Waals surface area (Å²) in [6.45, 7) is 10.5. The zero-order valence-electron chi connectivity index (χ0n) is 38.2. The molecule has 0 bridgehead atoms. The monoisotopic (exact) mass is 932 g/mol. The Balaban J connectivity index is 1.45. The quantitative estimate of drug-likeness (QED) is 0.0494. The third-order valence-corrected chi connectivity index (χ3v) is 11.1. The zero-order valence-corrected chi connectivity index (χ0v) is 39.0. The lowest BCUT2D eigenvalue weighted by Gasteiger charge is -2.41. The average molecular weight is 933 g/mol. The van der Waals surface area contributed by atoms with Crippen molar-refractivity contribution < 1.29 is 52.0 Å². The molecule has 0 aliphatic rings. The molecule has 0 fully saturated rings. The van der Waals surface area contributed by atoms with Gasteiger partial charge in [-0.05, 0) is 67.6 Å². The van der Waals surface area contributed by atoms with Gasteiger partial charge >= 0.3 is 5.97 Å². The first kappa shape index (κ1) is 54.9. The van der Waals surface area contributed by atoms with E-state index in [-0.39, 0.29) is 55.1 Å². The van der Waals surface area contributed by atoms with Gasteiger partial charge in [0.25, 0.3) is 0 Å². The van der Waals surface area contributed by atoms with Gasteiger partial charge in [-0.2, -0.15) is 0 Å². The molecule has 7 N–H and O–H groups in total. The second-order valence-corrected chi connectivity index (χ2v) is 17.5. The summed E-state index contributed by atoms with van der Waals surface area (Å²) in [6.07, 6.45) is 5.38. The third-order valence-electron chi connectivity index (χ3n) is 10.1. The van der Waals surface area contributed by atoms with E-state index in [1.165, 1.54) is 0 Å². The number of hydrogen-bond acceptors (Lipinski definition) is 11. The number of amides is 3. The number of nitrogens with one attached hydrogen (secondary N) is 2. The van der Waals surface area contributed by atoms with E-state index in [1.807, 2.05) is 55.7 Å². The van der Waals surface area contributed by atoms with Crippen molar-refractivity contribution in [1.82, 2.24) is 20.1 Å². The number of halogens is 2. The fourth-order valence-corrected chi connectivity index (χ4v) is 7.86. The van der Waals surface area contributed by atoms with Gasteiger partial charge in [0.15, 0.2) is 0 Å². The molecular weight excluding hydrogens is 863 g/mol. The highest BCUT2D eigenvalue weighted by Crippen LogP contribution is 2.41. The summed E-state index contributed by atoms with van der Waals surface area (Å²) in [5.41, 5.74) is 13.1. The zero-order chi connectivity index (χ0) is 47.5. The lowest BCUT2D eigenvalue weighted by molar-refractivity contribution is -0.141. The Labute approximate surface area is 386 Å². The van der Waals surface area contributed by atoms with Crippen molar-refractivity contribution in [1.29, 1.82) is 0 Å². The van der Waals surface area contributed by atoms with Crippen molar-refractivity contribution in [3.8, 4) is 11.1 Å². The second kappa shape index (κ2) is 30.7. The van der Waals surface area contributed by atoms with E-state index in [1.54, 1.807) is 17.2 Å². The molecule has 362 valence electrons. The molecule has 65 heavy (non-hydrogen) atoms. The predicted molar refractivity (Wildman–Crippen MR) is 248 cm³/mol. The number of carboxylic acid groups (broad SMARTS) is 1. The molecule has 0 aliphatic heterocycles. The molecule has 3 rings (SSSR count). The van der Waals surface area contributed by atoms with E-state index in [4.69, 9.17) is 30.4 Å². The summed E-state index contributed by atoms with van der Waals surface area (Å²) in [5, 5.41) is 15.3. The van der Waals surface area contributed by atoms with Crippen molar-refractivity contribution in [2.45, 2.75) is 77.9 Å². The maximum atomic E-state index is 15.1. The van der Waals surface area contributed by atoms with Crippen molar-refractivity contribution >= 4 is 35.5 Å². The van der Waals surface area contributed by atoms with Crippen LogP contribution in [0.3, 0.4) is 0 Å². The Hall–Kier alpha value is -4.43. The number of carbonyl (C=O) groups excluding carboxylic acids is 3. The topological polar surface area (TPSA) is 210 Å². The SMILES string of the molecule is CC(C)(C)[C@H](c1cc(-c2cc(F)ccc2F)cn1Cc1ccccc1)N(CCCN)C(=O)CSC[C@H](NC(=O)CCOCCOCCOCCOCCNC(=O)CCCCCN)C(=O)O. The van der Waals surface area contributed by atoms with Crippen molar-refractivity contribution in [3.05, 3.63) is 83.7 Å². The first-order chi connectivity index (χ1) is 31.2. The van der Waals surface area contributed by atoms with Gasteiger partial charge in [0.1, 0.15) is 17.7 Å². The molecule has 2 atom stereocenters. The average Bonchev–Trinajstić information content (AvgIpc) is 3.67. The van der Waals surface area contributed by atoms with E-state index in [0.717, 1.165) is 54.8 Å². The van der Waals surface area contributed by atoms with Gasteiger partial charge in [0.05, 0.1) is 64.6 Å². The molecule has 18 heteroatoms. The van der Waals surface area contributed by atoms with E-state index in [9.17, 15) is 28.7 Å². The molecule has 2 aromatic carbocycles. The van der Waals surface area contributed by atoms with Gasteiger partial charge < -0.3 is 55.6 Å². The number of hydrogen-bond donors (Lipinski definition) is 5. The number of aliphatic carboxylic acids is 1. The molecule has 3 aromatic rings. The normalized spacial score (nSPS) is 12.5. The third kappa shape index (κ3) is 21.2. The number of benzene rings is 2. The number of nitrogens with zero attached hydrogens (tertiary/aromatic N) is 2. The molecule has 0 saturated carbocycles. The van der Waals surface area contributed by atoms with Crippen molar-refractivity contribution in [2.24, 2.45) is 16.9 Å². The Morgan fingerprint density at radius 3 is 2.08 bits per heavy atom. The van der Waals surface area contributed by atoms with Crippen LogP contribution < -0.4 is 22.1 Å². The minimum absolute atomic E-state index is 0.00837. The van der Waals surface area contributed by atoms with Crippen molar-refractivity contribution in [2.75, 3.05) is 90.5 Å². The molecule has 0 spiro atoms. The maximum absolute atomic E-state index is 15.1. The number of rotatable bonds is 34. The van der Waals surface area contributed by atoms with Crippen LogP contribution in [-0.2, 0) is 44.7 Å². The summed E-state index contributed by atoms with van der Waals surface area (Å²) in [7, 11) is 0. The lowest BCUT2D eigenvalue weighted by atomic mass is 9.83. The number of nitrogens with two attached hydrogens (primary N) is 2. The minimum atomic E-state index is -1.25. The van der Waals surface area contributed by atoms with Gasteiger partial charge in [0, 0.05) is 61.2 Å². The van der Waals surface area contributed by atoms with Crippen LogP contribution in [0.15, 0.2) is 60.8 Å². The van der Waals surface area contributed by atoms with E-state index < -0.39 is 41.0 Å². The fourth-order valence-electron chi connectivity index (χ4n) is 6.94. The number of ether oxygens (including phenoxy) is 4. The van der Waals surface area contributed by atoms with Crippen LogP contribution in [0.2, 0.25) is 0 Å². The van der Waals surface area contributed by atoms with Crippen LogP contribution in [0, 0.1) is 17.0 Å². The number of aromatic nitrogens is 1. The van der Waals surface area contributed by atoms with Crippen molar-refractivity contribution in [3.63, 3.8) is 0 Å². The van der Waals surface area contributed by atoms with Gasteiger partial charge in [0.2, 0.25) is 17.7 Å². The molecule has 1 heterocycles. The van der Waals surface area contributed by atoms with Crippen LogP contribution in [0.4, 0.5) is 8.78 Å². The van der Waals surface area contributed by atoms with Crippen LogP contribution in [0.5, 0.6) is 0 Å². The second-order valence-electron chi connectivity index (χ2n) is 16.5. The highest BCUT2D eigenvalue weighted by Gasteiger charge is 2.37. The molecule has 0 aliphatic carbocycles. The summed E-state index contributed by atoms with van der Waals surface area (Å²) >= 11 is 1.09. The van der Waals surface area contributed by atoms with Gasteiger partial charge in [-0.15, -0.1) is 11.8 Å². The maximum Gasteiger partial charge on any atom is 0.327 e. The molecule has 0 unspecified atom stereocenters. The number of unbranched alkanes of at least 4 members (excludes halogenated alkanes) is 2. The van der Waals surface area contributed by atoms with Crippen LogP contribution >= 0.6 is 11.8 Å². The van der Waals surface area contributed by atoms with Crippen LogP contribution in [0.25, 0.3) is 11.1 Å². The lowest BCUT2D eigenvalue weighted by Crippen LogP contribution is -2.45. The molecule has 0 saturated heterocycles. The summed E-state index contributed by atoms with van der Waals surface area (Å²) in [5.74, 6) is -3.31. The van der Waals surface area contributed by atoms with Crippen LogP contribution in [0.1, 0.15) is 76.6 Å². The Kier molecular flexibility index (Phi) is 25.9. The van der Waals surface area contributed by atoms with Gasteiger partial charge in [-0.25, -0.2) is 13.6 Å². The minimum Gasteiger partial charge on any atom is -0.480 e. The highest BCUT2D eigenvalue weighted by molar-refractivity contribution is 8.00. The Morgan fingerprint density at radius 2 is 1.45 bits per heavy atom. The summed E-state index contributed by atoms with van der Waals surface area (Å²) < 4.78 is 53.4. The predicted octanol–water partition coefficient (Wildman–Crippen LogP) is 5.14. The van der Waals surface area contributed by atoms with E-state index in [2.05, 4.69) is 10.6 Å². The molecule has 0 radical (unpaired) electrons. The first-order valence-electron chi connectivity index (χ1n) is 22.3. The van der Waals surface area contributed by atoms with E-state index >= 15 is 4.39 Å². The van der Waals surface area contributed by atoms with Crippen LogP contribution in [-0.4, -0.2) is 135 Å². The number of carbonyl (C=O) groups is 4. The summed E-state index contributed by atoms with van der Waals surface area (Å²) in [4.78, 5) is 52.5. The van der Waals surface area contributed by atoms with Gasteiger partial charge in [-0.1, -0.05) is 57.5 Å². The standard InChI is InChI=1S/C47H70F2N6O9S/c1-47(2,3)45(41-29-36(38-30-37(48)14-15-39(38)49)32-54(41)31-35-11-6-4-7-12-35)55(20-10-18-51)44(58)34-65-33-40(46(59)60)53-43(57)16-21-61-23-25-63-27-28-64-26-24-62-22-19-52-42(56)13-8-5-9-17-50/h4,6-7,11-12,14-15,29-30,32,40,45H,5,8-10,13,16-28,31,33-34,50-51H2,1-3H3,(H,52,56)(H,53,57)(H,59,60)/t40-,45-/m0/s1. The first-order valence-corrected chi connectivity index (χ1v) is 23.5. The molecular formula is C47H70F2N6O9S. The molecule has 1 aromatic heterocycles. The highest BCUT2D eigenvalue weighted by atomic mass is 32.2. The Morgan fingerprint density at radius 1 is 0.800 bits per heavy atom. The van der Waals surface area contributed by atoms with Gasteiger partial charge in [-0.3, -0.25) is 14.4 Å². The number of carboxylic acids is 1. The number of thioether (sulfide) groups is 1. The molecule has 3 amide bonds. The largest absolute Gasteiger partial charge is 0.480 e. The fraction of sp³-hybridized carbons (Fsp3) is 0.574. The summed E-state index contributed by atoms with van der Waals surface area (Å²) in [6, 6.07) is 13.0. The smallest absolute Gasteiger partial charge is 0.327 e. The molecule has 15 nitrogen and oxygen atoms in total. The Bertz CT molecular complexity index is 1870. The van der Waals surface area contributed by atoms with E-state index in [0.29, 0.717) is 89.9 Å².